The quantitative estimate of drug-likeness (QED) is 0.211. The molecule has 1 radical (unpaired) electrons. The molecule has 3 rings (SSSR count). The summed E-state index contributed by atoms with van der Waals surface area (Å²) in [5, 5.41) is 1.38. The molecule has 219 valence electrons. The maximum atomic E-state index is 6.09. The first-order valence-corrected chi connectivity index (χ1v) is 18.1. The van der Waals surface area contributed by atoms with Crippen molar-refractivity contribution in [1.29, 1.82) is 0 Å². The second-order valence-corrected chi connectivity index (χ2v) is 19.7. The molecule has 1 nitrogen and oxygen atoms in total. The van der Waals surface area contributed by atoms with Crippen molar-refractivity contribution in [1.82, 2.24) is 0 Å². The van der Waals surface area contributed by atoms with Crippen molar-refractivity contribution >= 4 is 38.0 Å². The Morgan fingerprint density at radius 2 is 0.825 bits per heavy atom. The van der Waals surface area contributed by atoms with Crippen molar-refractivity contribution in [2.45, 2.75) is 120 Å². The van der Waals surface area contributed by atoms with Crippen LogP contribution >= 0.6 is 9.24 Å². The SMILES string of the molecule is CC(C)(C)c1cc(C(C)(C)C)c(P)c(C(C)(C)C)c1.C[O][Ge]([c]1c(C)cc(C)cc1C)[c]1c(C)cc(C)cc1C. The fourth-order valence-electron chi connectivity index (χ4n) is 5.73. The average Bonchev–Trinajstić information content (AvgIpc) is 2.74. The molecule has 40 heavy (non-hydrogen) atoms. The van der Waals surface area contributed by atoms with E-state index in [1.807, 2.05) is 7.11 Å². The van der Waals surface area contributed by atoms with Gasteiger partial charge in [-0.25, -0.2) is 0 Å². The summed E-state index contributed by atoms with van der Waals surface area (Å²) in [6.07, 6.45) is 0. The molecule has 0 heterocycles. The molecule has 0 N–H and O–H groups in total. The standard InChI is InChI=1S/C19H25GeO.C18H31P/c1-12-8-14(3)18(15(4)9-12)20(21-7)19-16(5)10-13(2)11-17(19)6;1-16(2,3)12-10-13(17(4,5)6)15(19)14(11-12)18(7,8)9/h8-11H,1-7H3;10-11H,19H2,1-9H3. The number of benzene rings is 3. The van der Waals surface area contributed by atoms with Crippen LogP contribution in [0.2, 0.25) is 0 Å². The van der Waals surface area contributed by atoms with Crippen LogP contribution in [0.5, 0.6) is 0 Å². The molecule has 3 aromatic carbocycles. The molecule has 0 spiro atoms. The predicted octanol–water partition coefficient (Wildman–Crippen LogP) is 8.37. The van der Waals surface area contributed by atoms with E-state index in [0.717, 1.165) is 0 Å². The van der Waals surface area contributed by atoms with E-state index in [-0.39, 0.29) is 16.2 Å². The average molecular weight is 620 g/mol. The zero-order valence-electron chi connectivity index (χ0n) is 28.4. The minimum absolute atomic E-state index is 0.179. The molecular formula is C37H56GeOP. The molecule has 1 atom stereocenters. The third kappa shape index (κ3) is 8.33. The second-order valence-electron chi connectivity index (χ2n) is 14.8. The van der Waals surface area contributed by atoms with Crippen LogP contribution in [-0.4, -0.2) is 21.8 Å². The number of hydrogen-bond donors (Lipinski definition) is 0. The summed E-state index contributed by atoms with van der Waals surface area (Å²) < 4.78 is 9.03. The van der Waals surface area contributed by atoms with Crippen LogP contribution in [0.25, 0.3) is 0 Å². The van der Waals surface area contributed by atoms with Crippen LogP contribution in [0.1, 0.15) is 112 Å². The van der Waals surface area contributed by atoms with Gasteiger partial charge in [-0.2, -0.15) is 0 Å². The van der Waals surface area contributed by atoms with Crippen molar-refractivity contribution in [3.63, 3.8) is 0 Å². The Morgan fingerprint density at radius 3 is 1.05 bits per heavy atom. The van der Waals surface area contributed by atoms with Crippen molar-refractivity contribution in [2.75, 3.05) is 7.11 Å². The van der Waals surface area contributed by atoms with E-state index in [1.165, 1.54) is 64.2 Å². The second kappa shape index (κ2) is 12.8. The molecule has 0 saturated heterocycles. The Morgan fingerprint density at radius 1 is 0.525 bits per heavy atom. The number of hydrogen-bond acceptors (Lipinski definition) is 1. The van der Waals surface area contributed by atoms with E-state index in [0.29, 0.717) is 0 Å². The van der Waals surface area contributed by atoms with Crippen LogP contribution in [0, 0.1) is 41.5 Å². The van der Waals surface area contributed by atoms with Gasteiger partial charge in [0.25, 0.3) is 0 Å². The fourth-order valence-corrected chi connectivity index (χ4v) is 11.8. The Hall–Kier alpha value is -1.41. The van der Waals surface area contributed by atoms with Crippen molar-refractivity contribution in [2.24, 2.45) is 0 Å². The molecule has 0 bridgehead atoms. The van der Waals surface area contributed by atoms with Crippen molar-refractivity contribution in [3.05, 3.63) is 86.5 Å². The van der Waals surface area contributed by atoms with E-state index in [4.69, 9.17) is 3.76 Å². The van der Waals surface area contributed by atoms with Gasteiger partial charge >= 0.3 is 134 Å². The predicted molar refractivity (Wildman–Crippen MR) is 185 cm³/mol. The zero-order valence-corrected chi connectivity index (χ0v) is 31.7. The van der Waals surface area contributed by atoms with Crippen molar-refractivity contribution in [3.8, 4) is 0 Å². The van der Waals surface area contributed by atoms with E-state index < -0.39 is 14.7 Å². The Balaban J connectivity index is 0.000000282. The van der Waals surface area contributed by atoms with Crippen LogP contribution < -0.4 is 14.1 Å². The van der Waals surface area contributed by atoms with Gasteiger partial charge in [0.2, 0.25) is 0 Å². The van der Waals surface area contributed by atoms with E-state index in [2.05, 4.69) is 149 Å². The monoisotopic (exact) mass is 621 g/mol. The Kier molecular flexibility index (Phi) is 11.2. The van der Waals surface area contributed by atoms with Gasteiger partial charge in [0.15, 0.2) is 0 Å². The molecule has 0 amide bonds. The molecule has 3 heteroatoms. The summed E-state index contributed by atoms with van der Waals surface area (Å²) in [5.74, 6) is 0. The number of aryl methyl sites for hydroxylation is 6. The summed E-state index contributed by atoms with van der Waals surface area (Å²) >= 11 is -1.96. The normalized spacial score (nSPS) is 12.4. The summed E-state index contributed by atoms with van der Waals surface area (Å²) in [5.41, 5.74) is 13.1. The van der Waals surface area contributed by atoms with E-state index in [1.54, 1.807) is 0 Å². The van der Waals surface area contributed by atoms with Gasteiger partial charge in [-0.05, 0) is 38.2 Å². The summed E-state index contributed by atoms with van der Waals surface area (Å²) in [6, 6.07) is 13.9. The Bertz CT molecular complexity index is 1210. The molecule has 0 aliphatic heterocycles. The molecule has 0 saturated carbocycles. The first-order valence-electron chi connectivity index (χ1n) is 14.6. The van der Waals surface area contributed by atoms with E-state index >= 15 is 0 Å². The van der Waals surface area contributed by atoms with Gasteiger partial charge in [0.05, 0.1) is 0 Å². The summed E-state index contributed by atoms with van der Waals surface area (Å²) in [4.78, 5) is 0. The van der Waals surface area contributed by atoms with Gasteiger partial charge in [-0.15, -0.1) is 9.24 Å². The van der Waals surface area contributed by atoms with Gasteiger partial charge in [0, 0.05) is 0 Å². The molecule has 3 aromatic rings. The van der Waals surface area contributed by atoms with Crippen LogP contribution in [0.15, 0.2) is 36.4 Å². The molecule has 0 aliphatic rings. The zero-order chi connectivity index (χ0) is 31.0. The van der Waals surface area contributed by atoms with Crippen LogP contribution in [0.4, 0.5) is 0 Å². The van der Waals surface area contributed by atoms with Crippen molar-refractivity contribution < 1.29 is 3.76 Å². The van der Waals surface area contributed by atoms with Crippen LogP contribution in [0.3, 0.4) is 0 Å². The van der Waals surface area contributed by atoms with E-state index in [9.17, 15) is 0 Å². The first kappa shape index (κ1) is 34.8. The van der Waals surface area contributed by atoms with Gasteiger partial charge in [-0.3, -0.25) is 0 Å². The van der Waals surface area contributed by atoms with Crippen LogP contribution in [-0.2, 0) is 20.0 Å². The molecule has 0 fully saturated rings. The minimum atomic E-state index is -1.96. The third-order valence-electron chi connectivity index (χ3n) is 7.67. The van der Waals surface area contributed by atoms with Gasteiger partial charge in [0.1, 0.15) is 0 Å². The van der Waals surface area contributed by atoms with Gasteiger partial charge < -0.3 is 0 Å². The molecule has 1 unspecified atom stereocenters. The Labute approximate surface area is 254 Å². The summed E-state index contributed by atoms with van der Waals surface area (Å²) in [7, 11) is 4.86. The fraction of sp³-hybridized carbons (Fsp3) is 0.514. The molecular weight excluding hydrogens is 564 g/mol. The topological polar surface area (TPSA) is 9.23 Å². The molecule has 0 aromatic heterocycles. The summed E-state index contributed by atoms with van der Waals surface area (Å²) in [6.45, 7) is 33.9. The molecule has 0 aliphatic carbocycles. The maximum absolute atomic E-state index is 6.09. The first-order chi connectivity index (χ1) is 18.1. The van der Waals surface area contributed by atoms with Gasteiger partial charge in [-0.1, -0.05) is 74.4 Å². The number of rotatable bonds is 3. The third-order valence-corrected chi connectivity index (χ3v) is 14.4.